The Hall–Kier alpha value is -1.55. The van der Waals surface area contributed by atoms with Crippen molar-refractivity contribution in [1.29, 1.82) is 0 Å². The van der Waals surface area contributed by atoms with Crippen LogP contribution < -0.4 is 11.1 Å². The molecule has 0 bridgehead atoms. The van der Waals surface area contributed by atoms with Gasteiger partial charge in [0.25, 0.3) is 5.91 Å². The first kappa shape index (κ1) is 12.9. The van der Waals surface area contributed by atoms with E-state index in [1.165, 1.54) is 0 Å². The van der Waals surface area contributed by atoms with Crippen LogP contribution in [0.1, 0.15) is 28.8 Å². The Balaban J connectivity index is 1.95. The third kappa shape index (κ3) is 3.01. The molecule has 1 fully saturated rings. The zero-order valence-electron chi connectivity index (χ0n) is 10.7. The Morgan fingerprint density at radius 2 is 2.39 bits per heavy atom. The maximum Gasteiger partial charge on any atom is 0.253 e. The first-order valence-electron chi connectivity index (χ1n) is 6.39. The molecule has 0 spiro atoms. The van der Waals surface area contributed by atoms with E-state index in [0.29, 0.717) is 23.7 Å². The van der Waals surface area contributed by atoms with Crippen LogP contribution in [0.3, 0.4) is 0 Å². The van der Waals surface area contributed by atoms with Crippen LogP contribution in [-0.2, 0) is 4.74 Å². The standard InChI is InChI=1S/C14H20N2O2/c1-10-4-2-6-12(15)13(10)14(17)16-8-11-5-3-7-18-9-11/h2,4,6,11H,3,5,7-9,15H2,1H3,(H,16,17). The molecular formula is C14H20N2O2. The van der Waals surface area contributed by atoms with Gasteiger partial charge in [-0.1, -0.05) is 12.1 Å². The Bertz CT molecular complexity index is 406. The Kier molecular flexibility index (Phi) is 4.20. The number of amides is 1. The van der Waals surface area contributed by atoms with Crippen LogP contribution in [0.15, 0.2) is 18.2 Å². The van der Waals surface area contributed by atoms with Gasteiger partial charge in [-0.3, -0.25) is 4.79 Å². The molecule has 4 nitrogen and oxygen atoms in total. The maximum absolute atomic E-state index is 12.1. The van der Waals surface area contributed by atoms with Crippen molar-refractivity contribution in [2.45, 2.75) is 19.8 Å². The number of nitrogens with two attached hydrogens (primary N) is 1. The molecule has 98 valence electrons. The summed E-state index contributed by atoms with van der Waals surface area (Å²) in [6.07, 6.45) is 2.19. The first-order valence-corrected chi connectivity index (χ1v) is 6.39. The minimum Gasteiger partial charge on any atom is -0.398 e. The van der Waals surface area contributed by atoms with E-state index < -0.39 is 0 Å². The molecule has 1 aliphatic heterocycles. The smallest absolute Gasteiger partial charge is 0.253 e. The molecule has 0 aliphatic carbocycles. The number of rotatable bonds is 3. The molecule has 0 saturated carbocycles. The number of nitrogens with one attached hydrogen (secondary N) is 1. The average Bonchev–Trinajstić information content (AvgIpc) is 2.37. The minimum atomic E-state index is -0.0869. The van der Waals surface area contributed by atoms with E-state index in [1.807, 2.05) is 19.1 Å². The Morgan fingerprint density at radius 1 is 1.56 bits per heavy atom. The molecule has 1 unspecified atom stereocenters. The highest BCUT2D eigenvalue weighted by atomic mass is 16.5. The van der Waals surface area contributed by atoms with Gasteiger partial charge in [-0.2, -0.15) is 0 Å². The summed E-state index contributed by atoms with van der Waals surface area (Å²) >= 11 is 0. The summed E-state index contributed by atoms with van der Waals surface area (Å²) in [7, 11) is 0. The first-order chi connectivity index (χ1) is 8.68. The van der Waals surface area contributed by atoms with Crippen LogP contribution in [0.25, 0.3) is 0 Å². The lowest BCUT2D eigenvalue weighted by molar-refractivity contribution is 0.0536. The van der Waals surface area contributed by atoms with Crippen molar-refractivity contribution in [2.75, 3.05) is 25.5 Å². The number of aryl methyl sites for hydroxylation is 1. The van der Waals surface area contributed by atoms with Crippen LogP contribution >= 0.6 is 0 Å². The summed E-state index contributed by atoms with van der Waals surface area (Å²) in [4.78, 5) is 12.1. The van der Waals surface area contributed by atoms with E-state index in [0.717, 1.165) is 31.6 Å². The number of carbonyl (C=O) groups is 1. The highest BCUT2D eigenvalue weighted by Gasteiger charge is 2.17. The molecule has 1 amide bonds. The fraction of sp³-hybridized carbons (Fsp3) is 0.500. The minimum absolute atomic E-state index is 0.0869. The quantitative estimate of drug-likeness (QED) is 0.801. The van der Waals surface area contributed by atoms with Crippen molar-refractivity contribution < 1.29 is 9.53 Å². The topological polar surface area (TPSA) is 64.4 Å². The van der Waals surface area contributed by atoms with Crippen molar-refractivity contribution in [3.63, 3.8) is 0 Å². The van der Waals surface area contributed by atoms with Crippen LogP contribution in [0, 0.1) is 12.8 Å². The normalized spacial score (nSPS) is 19.5. The van der Waals surface area contributed by atoms with E-state index >= 15 is 0 Å². The predicted molar refractivity (Wildman–Crippen MR) is 71.5 cm³/mol. The second-order valence-corrected chi connectivity index (χ2v) is 4.83. The molecule has 0 aromatic heterocycles. The molecule has 1 aromatic carbocycles. The molecule has 3 N–H and O–H groups in total. The largest absolute Gasteiger partial charge is 0.398 e. The van der Waals surface area contributed by atoms with Gasteiger partial charge in [0.05, 0.1) is 12.2 Å². The predicted octanol–water partition coefficient (Wildman–Crippen LogP) is 1.73. The Labute approximate surface area is 108 Å². The van der Waals surface area contributed by atoms with Crippen molar-refractivity contribution in [1.82, 2.24) is 5.32 Å². The van der Waals surface area contributed by atoms with Crippen molar-refractivity contribution in [3.8, 4) is 0 Å². The molecule has 1 atom stereocenters. The van der Waals surface area contributed by atoms with Gasteiger partial charge in [-0.25, -0.2) is 0 Å². The second kappa shape index (κ2) is 5.87. The molecule has 0 radical (unpaired) electrons. The molecule has 1 aliphatic rings. The van der Waals surface area contributed by atoms with Crippen LogP contribution in [0.2, 0.25) is 0 Å². The number of ether oxygens (including phenoxy) is 1. The zero-order valence-corrected chi connectivity index (χ0v) is 10.7. The van der Waals surface area contributed by atoms with Gasteiger partial charge in [-0.05, 0) is 37.3 Å². The highest BCUT2D eigenvalue weighted by molar-refractivity contribution is 6.00. The summed E-state index contributed by atoms with van der Waals surface area (Å²) in [5, 5.41) is 2.95. The zero-order chi connectivity index (χ0) is 13.0. The van der Waals surface area contributed by atoms with Gasteiger partial charge in [0.1, 0.15) is 0 Å². The SMILES string of the molecule is Cc1cccc(N)c1C(=O)NCC1CCCOC1. The van der Waals surface area contributed by atoms with E-state index in [1.54, 1.807) is 6.07 Å². The maximum atomic E-state index is 12.1. The van der Waals surface area contributed by atoms with Crippen LogP contribution in [0.5, 0.6) is 0 Å². The summed E-state index contributed by atoms with van der Waals surface area (Å²) < 4.78 is 5.39. The second-order valence-electron chi connectivity index (χ2n) is 4.83. The van der Waals surface area contributed by atoms with Gasteiger partial charge in [0.15, 0.2) is 0 Å². The highest BCUT2D eigenvalue weighted by Crippen LogP contribution is 2.17. The van der Waals surface area contributed by atoms with Gasteiger partial charge in [0, 0.05) is 18.8 Å². The van der Waals surface area contributed by atoms with Gasteiger partial charge < -0.3 is 15.8 Å². The van der Waals surface area contributed by atoms with E-state index in [9.17, 15) is 4.79 Å². The fourth-order valence-corrected chi connectivity index (χ4v) is 2.29. The van der Waals surface area contributed by atoms with Gasteiger partial charge in [0.2, 0.25) is 0 Å². The van der Waals surface area contributed by atoms with Gasteiger partial charge >= 0.3 is 0 Å². The lowest BCUT2D eigenvalue weighted by Crippen LogP contribution is -2.33. The number of anilines is 1. The molecule has 1 aromatic rings. The fourth-order valence-electron chi connectivity index (χ4n) is 2.29. The molecule has 1 heterocycles. The molecule has 2 rings (SSSR count). The van der Waals surface area contributed by atoms with Crippen LogP contribution in [-0.4, -0.2) is 25.7 Å². The van der Waals surface area contributed by atoms with E-state index in [-0.39, 0.29) is 5.91 Å². The number of hydrogen-bond acceptors (Lipinski definition) is 3. The number of benzene rings is 1. The van der Waals surface area contributed by atoms with E-state index in [4.69, 9.17) is 10.5 Å². The third-order valence-electron chi connectivity index (χ3n) is 3.34. The number of nitrogen functional groups attached to an aromatic ring is 1. The third-order valence-corrected chi connectivity index (χ3v) is 3.34. The summed E-state index contributed by atoms with van der Waals surface area (Å²) in [6, 6.07) is 5.51. The molecule has 18 heavy (non-hydrogen) atoms. The Morgan fingerprint density at radius 3 is 3.06 bits per heavy atom. The summed E-state index contributed by atoms with van der Waals surface area (Å²) in [6.45, 7) is 4.14. The van der Waals surface area contributed by atoms with Crippen LogP contribution in [0.4, 0.5) is 5.69 Å². The van der Waals surface area contributed by atoms with Crippen molar-refractivity contribution >= 4 is 11.6 Å². The summed E-state index contributed by atoms with van der Waals surface area (Å²) in [5.41, 5.74) is 7.88. The van der Waals surface area contributed by atoms with Crippen molar-refractivity contribution in [3.05, 3.63) is 29.3 Å². The number of hydrogen-bond donors (Lipinski definition) is 2. The lowest BCUT2D eigenvalue weighted by Gasteiger charge is -2.22. The molecular weight excluding hydrogens is 228 g/mol. The molecule has 1 saturated heterocycles. The monoisotopic (exact) mass is 248 g/mol. The number of carbonyl (C=O) groups excluding carboxylic acids is 1. The van der Waals surface area contributed by atoms with Gasteiger partial charge in [-0.15, -0.1) is 0 Å². The van der Waals surface area contributed by atoms with E-state index in [2.05, 4.69) is 5.32 Å². The lowest BCUT2D eigenvalue weighted by atomic mass is 10.0. The van der Waals surface area contributed by atoms with Crippen molar-refractivity contribution in [2.24, 2.45) is 5.92 Å². The average molecular weight is 248 g/mol. The summed E-state index contributed by atoms with van der Waals surface area (Å²) in [5.74, 6) is 0.337. The molecule has 4 heteroatoms.